The van der Waals surface area contributed by atoms with E-state index in [4.69, 9.17) is 15.7 Å². The third-order valence-corrected chi connectivity index (χ3v) is 12.9. The number of halogens is 1. The zero-order valence-electron chi connectivity index (χ0n) is 40.2. The van der Waals surface area contributed by atoms with Crippen molar-refractivity contribution in [3.63, 3.8) is 0 Å². The van der Waals surface area contributed by atoms with Gasteiger partial charge in [-0.15, -0.1) is 45.3 Å². The van der Waals surface area contributed by atoms with Gasteiger partial charge in [-0.1, -0.05) is 70.2 Å². The van der Waals surface area contributed by atoms with Crippen molar-refractivity contribution in [3.8, 4) is 0 Å². The van der Waals surface area contributed by atoms with Gasteiger partial charge < -0.3 is 25.6 Å². The number of nitrogens with zero attached hydrogens (tertiary/aromatic N) is 10. The van der Waals surface area contributed by atoms with Crippen LogP contribution in [0.2, 0.25) is 0 Å². The van der Waals surface area contributed by atoms with E-state index in [1.165, 1.54) is 11.3 Å². The molecule has 0 unspecified atom stereocenters. The van der Waals surface area contributed by atoms with Gasteiger partial charge in [-0.25, -0.2) is 45.4 Å². The second kappa shape index (κ2) is 39.3. The molecule has 0 bridgehead atoms. The number of unbranched alkanes of at least 4 members (excludes halogenated alkanes) is 8. The van der Waals surface area contributed by atoms with Crippen LogP contribution < -0.4 is 26.3 Å². The number of thiazole rings is 4. The molecule has 0 saturated carbocycles. The maximum absolute atomic E-state index is 11.3. The highest BCUT2D eigenvalue weighted by atomic mass is 79.9. The Labute approximate surface area is 453 Å². The van der Waals surface area contributed by atoms with Gasteiger partial charge >= 0.3 is 5.97 Å². The second-order valence-corrected chi connectivity index (χ2v) is 19.3. The van der Waals surface area contributed by atoms with Gasteiger partial charge in [-0.05, 0) is 97.1 Å². The predicted octanol–water partition coefficient (Wildman–Crippen LogP) is 13.6. The van der Waals surface area contributed by atoms with Crippen molar-refractivity contribution in [1.29, 1.82) is 0 Å². The first-order chi connectivity index (χ1) is 35.4. The number of anilines is 7. The lowest BCUT2D eigenvalue weighted by molar-refractivity contribution is -0.143. The van der Waals surface area contributed by atoms with E-state index in [-0.39, 0.29) is 19.3 Å². The molecule has 0 aliphatic heterocycles. The molecule has 8 aromatic heterocycles. The van der Waals surface area contributed by atoms with Gasteiger partial charge in [0.2, 0.25) is 5.91 Å². The normalized spacial score (nSPS) is 9.90. The summed E-state index contributed by atoms with van der Waals surface area (Å²) in [5, 5.41) is 22.7. The Kier molecular flexibility index (Phi) is 32.8. The number of carbonyl (C=O) groups excluding carboxylic acids is 2. The van der Waals surface area contributed by atoms with E-state index in [1.54, 1.807) is 70.5 Å². The largest absolute Gasteiger partial charge is 0.466 e. The average Bonchev–Trinajstić information content (AvgIpc) is 4.29. The third kappa shape index (κ3) is 27.4. The number of rotatable bonds is 23. The summed E-state index contributed by atoms with van der Waals surface area (Å²) in [5.41, 5.74) is 6.84. The molecule has 22 heteroatoms. The SMILES string of the molecule is Brc1ccccn1.C.CCOC(=O)CCCCCCCN(c1ccccn1)c1nccs1.Nc1nccs1.O=C(CCCCCCCN(c1ccccn1)c1nccs1)NO.c1ccc(Nc2nccs2)nc1. The Morgan fingerprint density at radius 3 is 1.47 bits per heavy atom. The maximum atomic E-state index is 11.3. The molecule has 8 heterocycles. The number of esters is 1. The van der Waals surface area contributed by atoms with Crippen LogP contribution in [0.1, 0.15) is 91.4 Å². The van der Waals surface area contributed by atoms with Crippen molar-refractivity contribution in [2.24, 2.45) is 0 Å². The van der Waals surface area contributed by atoms with Crippen LogP contribution in [0.3, 0.4) is 0 Å². The minimum atomic E-state index is -0.310. The second-order valence-electron chi connectivity index (χ2n) is 14.9. The summed E-state index contributed by atoms with van der Waals surface area (Å²) in [4.78, 5) is 59.9. The highest BCUT2D eigenvalue weighted by Crippen LogP contribution is 2.27. The van der Waals surface area contributed by atoms with Crippen LogP contribution in [0.4, 0.5) is 38.0 Å². The summed E-state index contributed by atoms with van der Waals surface area (Å²) in [7, 11) is 0. The molecule has 0 aliphatic rings. The molecule has 0 radical (unpaired) electrons. The van der Waals surface area contributed by atoms with Crippen LogP contribution in [0, 0.1) is 0 Å². The number of hydrogen-bond donors (Lipinski definition) is 4. The number of nitrogens with one attached hydrogen (secondary N) is 2. The van der Waals surface area contributed by atoms with Crippen LogP contribution in [0.5, 0.6) is 0 Å². The Hall–Kier alpha value is -6.30. The van der Waals surface area contributed by atoms with Crippen molar-refractivity contribution in [3.05, 3.63) is 148 Å². The number of nitrogen functional groups attached to an aromatic ring is 1. The van der Waals surface area contributed by atoms with Crippen LogP contribution in [0.25, 0.3) is 0 Å². The van der Waals surface area contributed by atoms with E-state index < -0.39 is 0 Å². The molecule has 5 N–H and O–H groups in total. The first kappa shape index (κ1) is 61.0. The highest BCUT2D eigenvalue weighted by Gasteiger charge is 2.13. The zero-order valence-corrected chi connectivity index (χ0v) is 45.0. The standard InChI is InChI=1S/C18H25N3O2S.C16H22N4O2S.C8H7N3S.C5H4BrN.C3H4N2S.CH4/c1-2-23-17(22)11-6-4-3-5-9-14-21(18-20-13-15-24-18)16-10-7-8-12-19-16;21-15(19-22)9-4-2-1-3-7-12-20(16-18-11-13-23-16)14-8-5-6-10-17-14;1-2-4-9-7(3-1)11-8-10-5-6-12-8;6-5-3-1-2-4-7-5;4-3-5-1-2-6-3;/h7-8,10,12-13,15H,2-6,9,11,14H2,1H3;5-6,8,10-11,13,22H,1-4,7,9,12H2,(H,19,21);1-6H,(H,9,10,11);1-4H;1-2H,(H2,4,5);1H4. The minimum Gasteiger partial charge on any atom is -0.466 e. The fraction of sp³-hybridized carbons (Fsp3) is 0.333. The van der Waals surface area contributed by atoms with Gasteiger partial charge in [0.15, 0.2) is 20.5 Å². The van der Waals surface area contributed by atoms with Gasteiger partial charge in [0.25, 0.3) is 0 Å². The smallest absolute Gasteiger partial charge is 0.305 e. The monoisotopic (exact) mass is 1130 g/mol. The summed E-state index contributed by atoms with van der Waals surface area (Å²) in [6.07, 6.45) is 25.4. The molecule has 8 aromatic rings. The summed E-state index contributed by atoms with van der Waals surface area (Å²) in [5.74, 6) is 2.29. The Morgan fingerprint density at radius 1 is 0.575 bits per heavy atom. The summed E-state index contributed by atoms with van der Waals surface area (Å²) < 4.78 is 5.82. The van der Waals surface area contributed by atoms with Crippen LogP contribution in [0.15, 0.2) is 148 Å². The lowest BCUT2D eigenvalue weighted by Crippen LogP contribution is -2.19. The lowest BCUT2D eigenvalue weighted by Gasteiger charge is -2.20. The van der Waals surface area contributed by atoms with Gasteiger partial charge in [0, 0.05) is 97.0 Å². The number of ether oxygens (including phenoxy) is 1. The van der Waals surface area contributed by atoms with E-state index in [9.17, 15) is 9.59 Å². The van der Waals surface area contributed by atoms with Gasteiger partial charge in [-0.3, -0.25) is 14.8 Å². The number of aromatic nitrogens is 8. The third-order valence-electron chi connectivity index (χ3n) is 9.54. The molecule has 17 nitrogen and oxygen atoms in total. The Bertz CT molecular complexity index is 2490. The molecule has 8 rings (SSSR count). The predicted molar refractivity (Wildman–Crippen MR) is 304 cm³/mol. The molecule has 1 amide bonds. The topological polar surface area (TPSA) is 223 Å². The van der Waals surface area contributed by atoms with E-state index in [1.807, 2.05) is 120 Å². The number of amides is 1. The molecule has 0 saturated heterocycles. The summed E-state index contributed by atoms with van der Waals surface area (Å²) >= 11 is 9.44. The van der Waals surface area contributed by atoms with Crippen LogP contribution in [-0.2, 0) is 14.3 Å². The Morgan fingerprint density at radius 2 is 1.07 bits per heavy atom. The van der Waals surface area contributed by atoms with E-state index >= 15 is 0 Å². The molecule has 0 atom stereocenters. The lowest BCUT2D eigenvalue weighted by atomic mass is 10.1. The molecule has 0 aliphatic carbocycles. The molecular formula is C51H66BrN13O4S4. The molecule has 0 spiro atoms. The molecule has 0 fully saturated rings. The van der Waals surface area contributed by atoms with E-state index in [0.29, 0.717) is 24.6 Å². The number of hydrogen-bond acceptors (Lipinski definition) is 20. The first-order valence-electron chi connectivity index (χ1n) is 23.4. The van der Waals surface area contributed by atoms with Crippen LogP contribution >= 0.6 is 61.3 Å². The molecule has 390 valence electrons. The molecule has 0 aromatic carbocycles. The van der Waals surface area contributed by atoms with Crippen molar-refractivity contribution in [1.82, 2.24) is 45.4 Å². The minimum absolute atomic E-state index is 0. The quantitative estimate of drug-likeness (QED) is 0.0154. The zero-order chi connectivity index (χ0) is 51.1. The average molecular weight is 1130 g/mol. The number of carbonyl (C=O) groups is 2. The van der Waals surface area contributed by atoms with Crippen molar-refractivity contribution in [2.45, 2.75) is 91.4 Å². The van der Waals surface area contributed by atoms with Gasteiger partial charge in [0.1, 0.15) is 22.1 Å². The van der Waals surface area contributed by atoms with Gasteiger partial charge in [0.05, 0.1) is 6.61 Å². The first-order valence-corrected chi connectivity index (χ1v) is 27.7. The van der Waals surface area contributed by atoms with Crippen molar-refractivity contribution >= 4 is 111 Å². The Balaban J connectivity index is 0.000000262. The molecule has 73 heavy (non-hydrogen) atoms. The maximum Gasteiger partial charge on any atom is 0.305 e. The highest BCUT2D eigenvalue weighted by molar-refractivity contribution is 9.10. The number of hydroxylamine groups is 1. The van der Waals surface area contributed by atoms with Crippen molar-refractivity contribution < 1.29 is 19.5 Å². The summed E-state index contributed by atoms with van der Waals surface area (Å²) in [6, 6.07) is 23.2. The number of pyridine rings is 4. The fourth-order valence-electron chi connectivity index (χ4n) is 6.19. The molecular weight excluding hydrogens is 1070 g/mol. The van der Waals surface area contributed by atoms with Gasteiger partial charge in [-0.2, -0.15) is 0 Å². The summed E-state index contributed by atoms with van der Waals surface area (Å²) in [6.45, 7) is 4.09. The number of nitrogens with two attached hydrogens (primary N) is 1. The van der Waals surface area contributed by atoms with Crippen molar-refractivity contribution in [2.75, 3.05) is 40.5 Å². The van der Waals surface area contributed by atoms with E-state index in [0.717, 1.165) is 115 Å². The fourth-order valence-corrected chi connectivity index (χ4v) is 8.74. The van der Waals surface area contributed by atoms with E-state index in [2.05, 4.69) is 70.9 Å². The van der Waals surface area contributed by atoms with Crippen LogP contribution in [-0.4, -0.2) is 76.7 Å².